The molecule has 1 aromatic rings. The van der Waals surface area contributed by atoms with E-state index in [0.29, 0.717) is 29.7 Å². The fourth-order valence-corrected chi connectivity index (χ4v) is 4.54. The number of carbonyl (C=O) groups is 2. The Hall–Kier alpha value is -2.34. The first-order valence-corrected chi connectivity index (χ1v) is 9.96. The highest BCUT2D eigenvalue weighted by Crippen LogP contribution is 2.31. The minimum atomic E-state index is -0.518. The summed E-state index contributed by atoms with van der Waals surface area (Å²) >= 11 is 0. The average molecular weight is 386 g/mol. The highest BCUT2D eigenvalue weighted by molar-refractivity contribution is 5.95. The third kappa shape index (κ3) is 4.38. The number of likely N-dealkylation sites (tertiary alicyclic amines) is 1. The summed E-state index contributed by atoms with van der Waals surface area (Å²) in [5, 5.41) is 5.80. The highest BCUT2D eigenvalue weighted by Gasteiger charge is 2.35. The zero-order chi connectivity index (χ0) is 20.4. The lowest BCUT2D eigenvalue weighted by Crippen LogP contribution is -2.50. The SMILES string of the molecule is COC(=O)C1=C(CN2C[C@H](C)C[C@@H](C)C2)NC(=O)N[C@@H]1c1cc(C)ccc1C. The van der Waals surface area contributed by atoms with E-state index in [1.807, 2.05) is 32.0 Å². The van der Waals surface area contributed by atoms with E-state index < -0.39 is 12.0 Å². The summed E-state index contributed by atoms with van der Waals surface area (Å²) in [4.78, 5) is 27.5. The second-order valence-electron chi connectivity index (χ2n) is 8.42. The van der Waals surface area contributed by atoms with E-state index in [9.17, 15) is 9.59 Å². The summed E-state index contributed by atoms with van der Waals surface area (Å²) in [5.74, 6) is 0.780. The number of amides is 2. The van der Waals surface area contributed by atoms with Crippen molar-refractivity contribution in [3.8, 4) is 0 Å². The standard InChI is InChI=1S/C22H31N3O3/c1-13-6-7-16(4)17(9-13)20-19(21(26)28-5)18(23-22(27)24-20)12-25-10-14(2)8-15(3)11-25/h6-7,9,14-15,20H,8,10-12H2,1-5H3,(H2,23,24,27)/t14-,15-,20-/m1/s1. The molecule has 0 aromatic heterocycles. The molecule has 0 saturated carbocycles. The lowest BCUT2D eigenvalue weighted by molar-refractivity contribution is -0.136. The highest BCUT2D eigenvalue weighted by atomic mass is 16.5. The summed E-state index contributed by atoms with van der Waals surface area (Å²) in [6.07, 6.45) is 1.21. The van der Waals surface area contributed by atoms with Gasteiger partial charge in [0.2, 0.25) is 0 Å². The first kappa shape index (κ1) is 20.4. The summed E-state index contributed by atoms with van der Waals surface area (Å²) in [7, 11) is 1.38. The molecule has 0 radical (unpaired) electrons. The van der Waals surface area contributed by atoms with Gasteiger partial charge in [0.25, 0.3) is 0 Å². The number of urea groups is 1. The van der Waals surface area contributed by atoms with E-state index in [0.717, 1.165) is 29.8 Å². The maximum atomic E-state index is 12.7. The van der Waals surface area contributed by atoms with E-state index in [4.69, 9.17) is 4.74 Å². The number of esters is 1. The predicted molar refractivity (Wildman–Crippen MR) is 109 cm³/mol. The van der Waals surface area contributed by atoms with E-state index in [-0.39, 0.29) is 6.03 Å². The lowest BCUT2D eigenvalue weighted by Gasteiger charge is -2.37. The molecular formula is C22H31N3O3. The van der Waals surface area contributed by atoms with Crippen molar-refractivity contribution in [3.63, 3.8) is 0 Å². The Morgan fingerprint density at radius 3 is 2.54 bits per heavy atom. The number of methoxy groups -OCH3 is 1. The van der Waals surface area contributed by atoms with Crippen LogP contribution in [0.1, 0.15) is 43.0 Å². The fraction of sp³-hybridized carbons (Fsp3) is 0.545. The van der Waals surface area contributed by atoms with Gasteiger partial charge in [0, 0.05) is 25.3 Å². The van der Waals surface area contributed by atoms with Gasteiger partial charge in [-0.1, -0.05) is 37.6 Å². The number of ether oxygens (including phenoxy) is 1. The zero-order valence-corrected chi connectivity index (χ0v) is 17.5. The van der Waals surface area contributed by atoms with Crippen LogP contribution in [0.2, 0.25) is 0 Å². The van der Waals surface area contributed by atoms with Crippen molar-refractivity contribution in [1.82, 2.24) is 15.5 Å². The molecule has 2 amide bonds. The molecule has 2 aliphatic rings. The Balaban J connectivity index is 2.02. The molecule has 1 saturated heterocycles. The van der Waals surface area contributed by atoms with E-state index >= 15 is 0 Å². The molecular weight excluding hydrogens is 354 g/mol. The molecule has 0 unspecified atom stereocenters. The topological polar surface area (TPSA) is 70.7 Å². The van der Waals surface area contributed by atoms with E-state index in [1.54, 1.807) is 0 Å². The van der Waals surface area contributed by atoms with Crippen LogP contribution in [0.25, 0.3) is 0 Å². The number of rotatable bonds is 4. The van der Waals surface area contributed by atoms with Crippen molar-refractivity contribution in [2.24, 2.45) is 11.8 Å². The monoisotopic (exact) mass is 385 g/mol. The van der Waals surface area contributed by atoms with Crippen LogP contribution in [0.15, 0.2) is 29.5 Å². The van der Waals surface area contributed by atoms with Gasteiger partial charge in [0.1, 0.15) is 0 Å². The van der Waals surface area contributed by atoms with Gasteiger partial charge in [0.05, 0.1) is 18.7 Å². The number of benzene rings is 1. The van der Waals surface area contributed by atoms with Gasteiger partial charge >= 0.3 is 12.0 Å². The van der Waals surface area contributed by atoms with Crippen molar-refractivity contribution in [2.75, 3.05) is 26.7 Å². The Morgan fingerprint density at radius 2 is 1.89 bits per heavy atom. The normalized spacial score (nSPS) is 25.9. The predicted octanol–water partition coefficient (Wildman–Crippen LogP) is 3.06. The zero-order valence-electron chi connectivity index (χ0n) is 17.5. The molecule has 3 rings (SSSR count). The molecule has 2 aliphatic heterocycles. The van der Waals surface area contributed by atoms with Crippen LogP contribution in [0.3, 0.4) is 0 Å². The minimum Gasteiger partial charge on any atom is -0.466 e. The molecule has 1 fully saturated rings. The molecule has 0 aliphatic carbocycles. The number of carbonyl (C=O) groups excluding carboxylic acids is 2. The molecule has 28 heavy (non-hydrogen) atoms. The van der Waals surface area contributed by atoms with Crippen molar-refractivity contribution in [1.29, 1.82) is 0 Å². The maximum Gasteiger partial charge on any atom is 0.338 e. The van der Waals surface area contributed by atoms with Gasteiger partial charge in [0.15, 0.2) is 0 Å². The Bertz CT molecular complexity index is 792. The average Bonchev–Trinajstić information content (AvgIpc) is 2.61. The molecule has 152 valence electrons. The van der Waals surface area contributed by atoms with Gasteiger partial charge < -0.3 is 15.4 Å². The molecule has 0 spiro atoms. The summed E-state index contributed by atoms with van der Waals surface area (Å²) in [5.41, 5.74) is 4.16. The molecule has 6 heteroatoms. The molecule has 2 N–H and O–H groups in total. The first-order chi connectivity index (χ1) is 13.3. The Kier molecular flexibility index (Phi) is 6.08. The van der Waals surface area contributed by atoms with Crippen LogP contribution < -0.4 is 10.6 Å². The molecule has 3 atom stereocenters. The Labute approximate surface area is 167 Å². The van der Waals surface area contributed by atoms with Gasteiger partial charge in [-0.3, -0.25) is 4.90 Å². The van der Waals surface area contributed by atoms with Crippen molar-refractivity contribution in [2.45, 2.75) is 40.2 Å². The number of nitrogens with zero attached hydrogens (tertiary/aromatic N) is 1. The second kappa shape index (κ2) is 8.35. The van der Waals surface area contributed by atoms with Gasteiger partial charge in [-0.2, -0.15) is 0 Å². The maximum absolute atomic E-state index is 12.7. The minimum absolute atomic E-state index is 0.285. The molecule has 2 heterocycles. The number of piperidine rings is 1. The Morgan fingerprint density at radius 1 is 1.21 bits per heavy atom. The van der Waals surface area contributed by atoms with Gasteiger partial charge in [-0.25, -0.2) is 9.59 Å². The fourth-order valence-electron chi connectivity index (χ4n) is 4.54. The van der Waals surface area contributed by atoms with E-state index in [1.165, 1.54) is 13.5 Å². The molecule has 0 bridgehead atoms. The largest absolute Gasteiger partial charge is 0.466 e. The van der Waals surface area contributed by atoms with Crippen LogP contribution in [-0.4, -0.2) is 43.6 Å². The van der Waals surface area contributed by atoms with Crippen LogP contribution in [0, 0.1) is 25.7 Å². The first-order valence-electron chi connectivity index (χ1n) is 9.96. The number of nitrogens with one attached hydrogen (secondary N) is 2. The van der Waals surface area contributed by atoms with Gasteiger partial charge in [-0.15, -0.1) is 0 Å². The van der Waals surface area contributed by atoms with Crippen LogP contribution in [-0.2, 0) is 9.53 Å². The van der Waals surface area contributed by atoms with Crippen molar-refractivity contribution in [3.05, 3.63) is 46.2 Å². The summed E-state index contributed by atoms with van der Waals surface area (Å²) in [6, 6.07) is 5.27. The number of hydrogen-bond acceptors (Lipinski definition) is 4. The van der Waals surface area contributed by atoms with E-state index in [2.05, 4.69) is 29.4 Å². The lowest BCUT2D eigenvalue weighted by atomic mass is 9.89. The third-order valence-corrected chi connectivity index (χ3v) is 5.63. The quantitative estimate of drug-likeness (QED) is 0.782. The van der Waals surface area contributed by atoms with Crippen molar-refractivity contribution >= 4 is 12.0 Å². The summed E-state index contributed by atoms with van der Waals surface area (Å²) < 4.78 is 5.10. The smallest absolute Gasteiger partial charge is 0.338 e. The third-order valence-electron chi connectivity index (χ3n) is 5.63. The van der Waals surface area contributed by atoms with Crippen LogP contribution in [0.4, 0.5) is 4.79 Å². The summed E-state index contributed by atoms with van der Waals surface area (Å²) in [6.45, 7) is 10.9. The molecule has 1 aromatic carbocycles. The number of hydrogen-bond donors (Lipinski definition) is 2. The second-order valence-corrected chi connectivity index (χ2v) is 8.42. The van der Waals surface area contributed by atoms with Crippen molar-refractivity contribution < 1.29 is 14.3 Å². The van der Waals surface area contributed by atoms with Crippen LogP contribution >= 0.6 is 0 Å². The molecule has 6 nitrogen and oxygen atoms in total. The van der Waals surface area contributed by atoms with Crippen LogP contribution in [0.5, 0.6) is 0 Å². The number of aryl methyl sites for hydroxylation is 2. The van der Waals surface area contributed by atoms with Gasteiger partial charge in [-0.05, 0) is 43.2 Å².